The first-order valence-electron chi connectivity index (χ1n) is 9.40. The van der Waals surface area contributed by atoms with Gasteiger partial charge in [0.15, 0.2) is 0 Å². The minimum absolute atomic E-state index is 2.15. The minimum atomic E-state index is -2.61. The molecule has 2 fully saturated rings. The number of carboxylic acid groups (broad SMARTS) is 8. The molecule has 0 spiro atoms. The maximum atomic E-state index is 12.1. The summed E-state index contributed by atoms with van der Waals surface area (Å²) in [6.07, 6.45) is 0. The topological polar surface area (TPSA) is 298 Å². The van der Waals surface area contributed by atoms with Crippen LogP contribution in [0.2, 0.25) is 0 Å². The molecule has 0 amide bonds. The third-order valence-electron chi connectivity index (χ3n) is 6.71. The van der Waals surface area contributed by atoms with Gasteiger partial charge in [0.05, 0.1) is 47.3 Å². The van der Waals surface area contributed by atoms with Gasteiger partial charge in [0.25, 0.3) is 0 Å². The highest BCUT2D eigenvalue weighted by Gasteiger charge is 2.71. The van der Waals surface area contributed by atoms with Crippen LogP contribution < -0.4 is 0 Å². The number of hydrogen-bond donors (Lipinski definition) is 8. The van der Waals surface area contributed by atoms with Crippen LogP contribution in [0, 0.1) is 59.2 Å². The molecule has 2 saturated carbocycles. The van der Waals surface area contributed by atoms with Gasteiger partial charge in [-0.25, -0.2) is 0 Å². The van der Waals surface area contributed by atoms with Gasteiger partial charge in [-0.3, -0.25) is 38.4 Å². The monoisotopic (exact) mass is 490 g/mol. The molecule has 34 heavy (non-hydrogen) atoms. The van der Waals surface area contributed by atoms with Crippen LogP contribution in [0.3, 0.4) is 0 Å². The molecule has 0 aromatic rings. The van der Waals surface area contributed by atoms with E-state index in [1.165, 1.54) is 0 Å². The summed E-state index contributed by atoms with van der Waals surface area (Å²) in [5, 5.41) is 77.3. The highest BCUT2D eigenvalue weighted by Crippen LogP contribution is 2.59. The Balaban J connectivity index is 3.08. The highest BCUT2D eigenvalue weighted by atomic mass is 16.4. The lowest BCUT2D eigenvalue weighted by molar-refractivity contribution is -0.211. The van der Waals surface area contributed by atoms with E-state index in [1.807, 2.05) is 0 Å². The standard InChI is InChI=1S/C18H18O16/c19-11(20)3-1-2(5(13(23)24)9(17(31)32)7(3)15(27)28)6(14(25)26)10(18(33)34)8(16(29)30)4(1)12(21)22/h1-10H,(H,19,20)(H,21,22)(H,23,24)(H,25,26)(H,27,28)(H,29,30)(H,31,32)(H,33,34). The molecule has 8 N–H and O–H groups in total. The smallest absolute Gasteiger partial charge is 0.308 e. The predicted molar refractivity (Wildman–Crippen MR) is 96.0 cm³/mol. The molecule has 0 bridgehead atoms. The van der Waals surface area contributed by atoms with E-state index in [0.29, 0.717) is 0 Å². The number of hydrogen-bond acceptors (Lipinski definition) is 8. The molecular formula is C18H18O16. The quantitative estimate of drug-likeness (QED) is 0.180. The Labute approximate surface area is 187 Å². The van der Waals surface area contributed by atoms with Crippen molar-refractivity contribution in [3.8, 4) is 0 Å². The molecule has 8 unspecified atom stereocenters. The van der Waals surface area contributed by atoms with E-state index in [9.17, 15) is 79.2 Å². The van der Waals surface area contributed by atoms with Gasteiger partial charge in [-0.15, -0.1) is 0 Å². The zero-order valence-electron chi connectivity index (χ0n) is 16.6. The molecule has 16 heteroatoms. The molecule has 0 saturated heterocycles. The van der Waals surface area contributed by atoms with Crippen molar-refractivity contribution in [2.24, 2.45) is 59.2 Å². The van der Waals surface area contributed by atoms with Gasteiger partial charge < -0.3 is 40.9 Å². The SMILES string of the molecule is O=C(O)C1C(C(=O)O)C(C(=O)O)C2C(C(=O)O)C(C(=O)O)C(C(=O)O)C(C(=O)O)C2C1C(=O)O. The van der Waals surface area contributed by atoms with Crippen molar-refractivity contribution in [1.82, 2.24) is 0 Å². The van der Waals surface area contributed by atoms with Crippen molar-refractivity contribution < 1.29 is 79.2 Å². The Hall–Kier alpha value is -4.24. The van der Waals surface area contributed by atoms with Crippen molar-refractivity contribution in [3.63, 3.8) is 0 Å². The molecule has 8 atom stereocenters. The predicted octanol–water partition coefficient (Wildman–Crippen LogP) is -2.15. The van der Waals surface area contributed by atoms with Crippen LogP contribution >= 0.6 is 0 Å². The number of carboxylic acids is 8. The average Bonchev–Trinajstić information content (AvgIpc) is 2.68. The summed E-state index contributed by atoms with van der Waals surface area (Å²) in [7, 11) is 0. The molecular weight excluding hydrogens is 472 g/mol. The summed E-state index contributed by atoms with van der Waals surface area (Å²) >= 11 is 0. The van der Waals surface area contributed by atoms with Crippen molar-refractivity contribution >= 4 is 47.8 Å². The molecule has 2 rings (SSSR count). The van der Waals surface area contributed by atoms with E-state index in [2.05, 4.69) is 0 Å². The van der Waals surface area contributed by atoms with Crippen molar-refractivity contribution in [2.75, 3.05) is 0 Å². The van der Waals surface area contributed by atoms with E-state index >= 15 is 0 Å². The summed E-state index contributed by atoms with van der Waals surface area (Å²) in [6, 6.07) is 0. The van der Waals surface area contributed by atoms with Gasteiger partial charge in [0.2, 0.25) is 0 Å². The molecule has 0 radical (unpaired) electrons. The molecule has 0 aromatic heterocycles. The van der Waals surface area contributed by atoms with Crippen LogP contribution in [0.4, 0.5) is 0 Å². The van der Waals surface area contributed by atoms with Gasteiger partial charge in [-0.2, -0.15) is 0 Å². The minimum Gasteiger partial charge on any atom is -0.481 e. The lowest BCUT2D eigenvalue weighted by atomic mass is 9.44. The summed E-state index contributed by atoms with van der Waals surface area (Å²) in [5.74, 6) is -42.7. The number of fused-ring (bicyclic) bond motifs is 1. The Morgan fingerprint density at radius 2 is 0.382 bits per heavy atom. The fraction of sp³-hybridized carbons (Fsp3) is 0.556. The molecule has 0 heterocycles. The Bertz CT molecular complexity index is 828. The van der Waals surface area contributed by atoms with E-state index in [4.69, 9.17) is 0 Å². The lowest BCUT2D eigenvalue weighted by Crippen LogP contribution is -2.67. The maximum Gasteiger partial charge on any atom is 0.308 e. The van der Waals surface area contributed by atoms with Gasteiger partial charge in [-0.05, 0) is 11.8 Å². The maximum absolute atomic E-state index is 12.1. The second-order valence-corrected chi connectivity index (χ2v) is 8.07. The van der Waals surface area contributed by atoms with Crippen LogP contribution in [-0.4, -0.2) is 88.6 Å². The second-order valence-electron chi connectivity index (χ2n) is 8.07. The third-order valence-corrected chi connectivity index (χ3v) is 6.71. The number of carbonyl (C=O) groups is 8. The van der Waals surface area contributed by atoms with Gasteiger partial charge in [0, 0.05) is 0 Å². The lowest BCUT2D eigenvalue weighted by Gasteiger charge is -2.55. The highest BCUT2D eigenvalue weighted by molar-refractivity contribution is 5.94. The molecule has 16 nitrogen and oxygen atoms in total. The summed E-state index contributed by atoms with van der Waals surface area (Å²) < 4.78 is 0. The molecule has 0 aromatic carbocycles. The molecule has 2 aliphatic rings. The second kappa shape index (κ2) is 8.95. The zero-order valence-corrected chi connectivity index (χ0v) is 16.6. The van der Waals surface area contributed by atoms with Crippen molar-refractivity contribution in [2.45, 2.75) is 0 Å². The van der Waals surface area contributed by atoms with Crippen LogP contribution in [0.15, 0.2) is 0 Å². The Kier molecular flexibility index (Phi) is 6.85. The molecule has 2 aliphatic carbocycles. The molecule has 0 aliphatic heterocycles. The van der Waals surface area contributed by atoms with E-state index in [-0.39, 0.29) is 0 Å². The normalized spacial score (nSPS) is 36.9. The first-order chi connectivity index (χ1) is 15.6. The Morgan fingerprint density at radius 1 is 0.265 bits per heavy atom. The molecule has 186 valence electrons. The summed E-state index contributed by atoms with van der Waals surface area (Å²) in [4.78, 5) is 96.0. The zero-order chi connectivity index (χ0) is 26.4. The first kappa shape index (κ1) is 26.0. The van der Waals surface area contributed by atoms with E-state index in [0.717, 1.165) is 0 Å². The van der Waals surface area contributed by atoms with Crippen LogP contribution in [0.25, 0.3) is 0 Å². The fourth-order valence-electron chi connectivity index (χ4n) is 5.76. The van der Waals surface area contributed by atoms with Crippen LogP contribution in [0.1, 0.15) is 0 Å². The van der Waals surface area contributed by atoms with Gasteiger partial charge in [0.1, 0.15) is 0 Å². The van der Waals surface area contributed by atoms with E-state index in [1.54, 1.807) is 0 Å². The first-order valence-corrected chi connectivity index (χ1v) is 9.40. The van der Waals surface area contributed by atoms with Crippen LogP contribution in [0.5, 0.6) is 0 Å². The summed E-state index contributed by atoms with van der Waals surface area (Å²) in [5.41, 5.74) is 0. The van der Waals surface area contributed by atoms with Crippen molar-refractivity contribution in [1.29, 1.82) is 0 Å². The fourth-order valence-corrected chi connectivity index (χ4v) is 5.76. The van der Waals surface area contributed by atoms with Crippen molar-refractivity contribution in [3.05, 3.63) is 0 Å². The van der Waals surface area contributed by atoms with Gasteiger partial charge in [-0.1, -0.05) is 0 Å². The van der Waals surface area contributed by atoms with Gasteiger partial charge >= 0.3 is 47.8 Å². The largest absolute Gasteiger partial charge is 0.481 e. The van der Waals surface area contributed by atoms with Crippen LogP contribution in [-0.2, 0) is 38.4 Å². The average molecular weight is 490 g/mol. The van der Waals surface area contributed by atoms with E-state index < -0.39 is 107 Å². The number of rotatable bonds is 8. The number of aliphatic carboxylic acids is 8. The third kappa shape index (κ3) is 3.86. The Morgan fingerprint density at radius 3 is 0.471 bits per heavy atom. The summed E-state index contributed by atoms with van der Waals surface area (Å²) in [6.45, 7) is 0.